The van der Waals surface area contributed by atoms with Crippen LogP contribution in [0.4, 0.5) is 0 Å². The molecule has 1 fully saturated rings. The predicted octanol–water partition coefficient (Wildman–Crippen LogP) is 1.34. The summed E-state index contributed by atoms with van der Waals surface area (Å²) in [5, 5.41) is 0. The molecule has 2 heteroatoms. The third kappa shape index (κ3) is 0.796. The molecule has 1 saturated carbocycles. The highest BCUT2D eigenvalue weighted by atomic mass is 15.3. The van der Waals surface area contributed by atoms with E-state index < -0.39 is 0 Å². The minimum absolute atomic E-state index is 1.09. The maximum absolute atomic E-state index is 7.02. The van der Waals surface area contributed by atoms with Crippen molar-refractivity contribution in [3.8, 4) is 0 Å². The first-order valence-electron chi connectivity index (χ1n) is 2.32. The molecule has 0 aromatic rings. The van der Waals surface area contributed by atoms with E-state index in [9.17, 15) is 0 Å². The van der Waals surface area contributed by atoms with E-state index in [0.29, 0.717) is 0 Å². The first-order chi connectivity index (χ1) is 3.34. The summed E-state index contributed by atoms with van der Waals surface area (Å²) < 4.78 is 1.33. The molecule has 0 bridgehead atoms. The lowest BCUT2D eigenvalue weighted by Gasteiger charge is -1.88. The van der Waals surface area contributed by atoms with Crippen molar-refractivity contribution in [1.29, 1.82) is 0 Å². The summed E-state index contributed by atoms with van der Waals surface area (Å²) in [6.07, 6.45) is 3.70. The van der Waals surface area contributed by atoms with Gasteiger partial charge in [0.2, 0.25) is 0 Å². The van der Waals surface area contributed by atoms with Crippen LogP contribution in [0.5, 0.6) is 0 Å². The van der Waals surface area contributed by atoms with E-state index >= 15 is 0 Å². The first-order valence-corrected chi connectivity index (χ1v) is 2.32. The molecule has 0 saturated heterocycles. The molecule has 1 aliphatic carbocycles. The van der Waals surface area contributed by atoms with Crippen LogP contribution in [-0.4, -0.2) is 10.4 Å². The molecule has 0 amide bonds. The highest BCUT2D eigenvalue weighted by Crippen LogP contribution is 2.13. The van der Waals surface area contributed by atoms with Gasteiger partial charge < -0.3 is 5.84 Å². The summed E-state index contributed by atoms with van der Waals surface area (Å²) in [6, 6.07) is 0. The van der Waals surface area contributed by atoms with Crippen LogP contribution in [0.1, 0.15) is 12.8 Å². The zero-order valence-electron chi connectivity index (χ0n) is 4.15. The van der Waals surface area contributed by atoms with Gasteiger partial charge in [0, 0.05) is 12.8 Å². The maximum Gasteiger partial charge on any atom is 0.156 e. The average Bonchev–Trinajstić information content (AvgIpc) is 2.44. The van der Waals surface area contributed by atoms with Crippen LogP contribution in [0.3, 0.4) is 0 Å². The standard InChI is InChI=1S/C5H8N2/c1-2-7(6)5-3-4-5/h2,6H,1,3-4H2. The maximum atomic E-state index is 7.02. The second-order valence-electron chi connectivity index (χ2n) is 1.62. The van der Waals surface area contributed by atoms with Crippen molar-refractivity contribution >= 4 is 5.71 Å². The second kappa shape index (κ2) is 1.37. The molecule has 1 N–H and O–H groups in total. The van der Waals surface area contributed by atoms with Gasteiger partial charge in [-0.2, -0.15) is 0 Å². The Labute approximate surface area is 42.9 Å². The molecule has 0 unspecified atom stereocenters. The number of nitrogens with one attached hydrogen (secondary N) is 1. The Morgan fingerprint density at radius 2 is 2.29 bits per heavy atom. The van der Waals surface area contributed by atoms with Gasteiger partial charge in [-0.15, -0.1) is 0 Å². The van der Waals surface area contributed by atoms with Gasteiger partial charge in [0.05, 0.1) is 0 Å². The normalized spacial score (nSPS) is 16.3. The Morgan fingerprint density at radius 3 is 2.43 bits per heavy atom. The molecule has 0 aromatic carbocycles. The van der Waals surface area contributed by atoms with Crippen LogP contribution in [0, 0.1) is 0 Å². The van der Waals surface area contributed by atoms with Crippen LogP contribution in [-0.2, 0) is 0 Å². The van der Waals surface area contributed by atoms with Crippen LogP contribution < -0.4 is 0 Å². The number of hydrogen-bond donors (Lipinski definition) is 0. The molecule has 0 radical (unpaired) electrons. The fourth-order valence-electron chi connectivity index (χ4n) is 0.426. The number of rotatable bonds is 1. The molecule has 1 rings (SSSR count). The van der Waals surface area contributed by atoms with Crippen molar-refractivity contribution in [2.24, 2.45) is 0 Å². The quantitative estimate of drug-likeness (QED) is 0.348. The molecule has 0 spiro atoms. The van der Waals surface area contributed by atoms with Crippen LogP contribution >= 0.6 is 0 Å². The minimum Gasteiger partial charge on any atom is -0.449 e. The van der Waals surface area contributed by atoms with E-state index in [4.69, 9.17) is 5.84 Å². The van der Waals surface area contributed by atoms with Gasteiger partial charge in [0.15, 0.2) is 11.9 Å². The van der Waals surface area contributed by atoms with Crippen molar-refractivity contribution in [1.82, 2.24) is 0 Å². The van der Waals surface area contributed by atoms with Crippen molar-refractivity contribution in [2.45, 2.75) is 12.8 Å². The number of hydrogen-bond acceptors (Lipinski definition) is 0. The van der Waals surface area contributed by atoms with Crippen LogP contribution in [0.15, 0.2) is 12.8 Å². The molecule has 7 heavy (non-hydrogen) atoms. The first kappa shape index (κ1) is 4.37. The molecule has 2 nitrogen and oxygen atoms in total. The molecule has 0 aliphatic heterocycles. The highest BCUT2D eigenvalue weighted by Gasteiger charge is 2.20. The summed E-state index contributed by atoms with van der Waals surface area (Å²) >= 11 is 0. The summed E-state index contributed by atoms with van der Waals surface area (Å²) in [6.45, 7) is 3.44. The topological polar surface area (TPSA) is 26.8 Å². The largest absolute Gasteiger partial charge is 0.449 e. The van der Waals surface area contributed by atoms with Gasteiger partial charge in [0.25, 0.3) is 0 Å². The minimum atomic E-state index is 1.09. The van der Waals surface area contributed by atoms with E-state index in [1.54, 1.807) is 0 Å². The summed E-state index contributed by atoms with van der Waals surface area (Å²) in [7, 11) is 0. The van der Waals surface area contributed by atoms with Gasteiger partial charge >= 0.3 is 0 Å². The van der Waals surface area contributed by atoms with Crippen molar-refractivity contribution in [2.75, 3.05) is 0 Å². The zero-order valence-corrected chi connectivity index (χ0v) is 4.15. The smallest absolute Gasteiger partial charge is 0.156 e. The predicted molar refractivity (Wildman–Crippen MR) is 29.0 cm³/mol. The Balaban J connectivity index is 2.65. The second-order valence-corrected chi connectivity index (χ2v) is 1.62. The monoisotopic (exact) mass is 96.1 g/mol. The number of nitrogens with zero attached hydrogens (tertiary/aromatic N) is 1. The molecule has 38 valence electrons. The van der Waals surface area contributed by atoms with Crippen LogP contribution in [0.2, 0.25) is 0 Å². The Hall–Kier alpha value is -0.790. The van der Waals surface area contributed by atoms with Crippen LogP contribution in [0.25, 0.3) is 5.84 Å². The molecular formula is C5H8N2. The van der Waals surface area contributed by atoms with Gasteiger partial charge in [0.1, 0.15) is 0 Å². The van der Waals surface area contributed by atoms with Crippen molar-refractivity contribution in [3.63, 3.8) is 0 Å². The fraction of sp³-hybridized carbons (Fsp3) is 0.400. The van der Waals surface area contributed by atoms with Gasteiger partial charge in [-0.1, -0.05) is 0 Å². The summed E-state index contributed by atoms with van der Waals surface area (Å²) in [5.74, 6) is 7.02. The highest BCUT2D eigenvalue weighted by molar-refractivity contribution is 5.93. The summed E-state index contributed by atoms with van der Waals surface area (Å²) in [4.78, 5) is 0. The van der Waals surface area contributed by atoms with Gasteiger partial charge in [-0.3, -0.25) is 4.68 Å². The van der Waals surface area contributed by atoms with E-state index in [2.05, 4.69) is 6.58 Å². The van der Waals surface area contributed by atoms with E-state index in [1.165, 1.54) is 16.6 Å². The van der Waals surface area contributed by atoms with Crippen molar-refractivity contribution < 1.29 is 4.68 Å². The molecule has 0 atom stereocenters. The molecule has 1 aliphatic rings. The van der Waals surface area contributed by atoms with Gasteiger partial charge in [-0.05, 0) is 6.58 Å². The summed E-state index contributed by atoms with van der Waals surface area (Å²) in [5.41, 5.74) is 1.18. The third-order valence-electron chi connectivity index (χ3n) is 0.997. The Kier molecular flexibility index (Phi) is 0.855. The van der Waals surface area contributed by atoms with E-state index in [0.717, 1.165) is 12.8 Å². The zero-order chi connectivity index (χ0) is 5.28. The molecular weight excluding hydrogens is 88.1 g/mol. The van der Waals surface area contributed by atoms with Crippen molar-refractivity contribution in [3.05, 3.63) is 18.6 Å². The lowest BCUT2D eigenvalue weighted by atomic mass is 10.8. The molecule has 0 heterocycles. The molecule has 0 aromatic heterocycles. The Morgan fingerprint density at radius 1 is 1.71 bits per heavy atom. The lowest BCUT2D eigenvalue weighted by molar-refractivity contribution is -0.376. The van der Waals surface area contributed by atoms with E-state index in [-0.39, 0.29) is 0 Å². The fourth-order valence-corrected chi connectivity index (χ4v) is 0.426. The van der Waals surface area contributed by atoms with E-state index in [1.807, 2.05) is 0 Å². The Bertz CT molecular complexity index is 118. The van der Waals surface area contributed by atoms with Gasteiger partial charge in [-0.25, -0.2) is 0 Å². The third-order valence-corrected chi connectivity index (χ3v) is 0.997. The SMILES string of the molecule is C=C[N+]([NH-])=C1CC1. The lowest BCUT2D eigenvalue weighted by Crippen LogP contribution is -1.88. The average molecular weight is 96.1 g/mol.